The third kappa shape index (κ3) is 3.04. The van der Waals surface area contributed by atoms with Crippen LogP contribution < -0.4 is 5.32 Å². The molecule has 1 atom stereocenters. The largest absolute Gasteiger partial charge is 0.345 e. The maximum atomic E-state index is 12.2. The third-order valence-electron chi connectivity index (χ3n) is 3.07. The van der Waals surface area contributed by atoms with Crippen LogP contribution in [0.2, 0.25) is 0 Å². The van der Waals surface area contributed by atoms with Crippen LogP contribution in [0.4, 0.5) is 0 Å². The van der Waals surface area contributed by atoms with Gasteiger partial charge in [-0.1, -0.05) is 28.1 Å². The van der Waals surface area contributed by atoms with E-state index in [0.29, 0.717) is 5.56 Å². The van der Waals surface area contributed by atoms with Crippen LogP contribution in [0.5, 0.6) is 0 Å². The third-order valence-corrected chi connectivity index (χ3v) is 3.60. The second-order valence-electron chi connectivity index (χ2n) is 4.56. The molecule has 2 aromatic rings. The first-order valence-electron chi connectivity index (χ1n) is 6.07. The van der Waals surface area contributed by atoms with Crippen LogP contribution in [0.15, 0.2) is 28.7 Å². The quantitative estimate of drug-likeness (QED) is 0.911. The standard InChI is InChI=1S/C14H16BrN3O/c1-8(11-4-6-12(15)7-5-11)16-14(19)13-9(2)17-18-10(13)3/h4-8H,1-3H3,(H,16,19)(H,17,18)/t8-/m0/s1. The fourth-order valence-electron chi connectivity index (χ4n) is 1.99. The van der Waals surface area contributed by atoms with E-state index in [1.54, 1.807) is 0 Å². The van der Waals surface area contributed by atoms with Gasteiger partial charge in [-0.3, -0.25) is 9.89 Å². The molecule has 0 fully saturated rings. The molecular weight excluding hydrogens is 306 g/mol. The van der Waals surface area contributed by atoms with Crippen molar-refractivity contribution in [2.75, 3.05) is 0 Å². The lowest BCUT2D eigenvalue weighted by Crippen LogP contribution is -2.27. The van der Waals surface area contributed by atoms with Crippen molar-refractivity contribution in [2.24, 2.45) is 0 Å². The molecule has 100 valence electrons. The van der Waals surface area contributed by atoms with Crippen LogP contribution in [-0.4, -0.2) is 16.1 Å². The first-order chi connectivity index (χ1) is 8.99. The van der Waals surface area contributed by atoms with Crippen molar-refractivity contribution in [2.45, 2.75) is 26.8 Å². The molecule has 19 heavy (non-hydrogen) atoms. The van der Waals surface area contributed by atoms with Crippen LogP contribution >= 0.6 is 15.9 Å². The van der Waals surface area contributed by atoms with E-state index in [-0.39, 0.29) is 11.9 Å². The van der Waals surface area contributed by atoms with Crippen LogP contribution in [0.3, 0.4) is 0 Å². The Labute approximate surface area is 120 Å². The number of nitrogens with zero attached hydrogens (tertiary/aromatic N) is 1. The van der Waals surface area contributed by atoms with Gasteiger partial charge in [0.1, 0.15) is 0 Å². The van der Waals surface area contributed by atoms with Gasteiger partial charge >= 0.3 is 0 Å². The zero-order valence-corrected chi connectivity index (χ0v) is 12.7. The van der Waals surface area contributed by atoms with Gasteiger partial charge in [0.25, 0.3) is 5.91 Å². The van der Waals surface area contributed by atoms with E-state index in [2.05, 4.69) is 31.4 Å². The van der Waals surface area contributed by atoms with Gasteiger partial charge < -0.3 is 5.32 Å². The Morgan fingerprint density at radius 1 is 1.32 bits per heavy atom. The van der Waals surface area contributed by atoms with Gasteiger partial charge in [0.05, 0.1) is 17.3 Å². The Bertz CT molecular complexity index is 570. The molecule has 0 radical (unpaired) electrons. The minimum atomic E-state index is -0.0980. The van der Waals surface area contributed by atoms with Crippen LogP contribution in [-0.2, 0) is 0 Å². The Balaban J connectivity index is 2.13. The summed E-state index contributed by atoms with van der Waals surface area (Å²) >= 11 is 3.40. The first-order valence-corrected chi connectivity index (χ1v) is 6.86. The van der Waals surface area contributed by atoms with E-state index in [4.69, 9.17) is 0 Å². The lowest BCUT2D eigenvalue weighted by molar-refractivity contribution is 0.0938. The molecule has 1 aromatic heterocycles. The average Bonchev–Trinajstić information content (AvgIpc) is 2.69. The Morgan fingerprint density at radius 2 is 1.95 bits per heavy atom. The molecular formula is C14H16BrN3O. The summed E-state index contributed by atoms with van der Waals surface area (Å²) in [5.41, 5.74) is 3.20. The monoisotopic (exact) mass is 321 g/mol. The highest BCUT2D eigenvalue weighted by Crippen LogP contribution is 2.18. The summed E-state index contributed by atoms with van der Waals surface area (Å²) in [5, 5.41) is 9.84. The molecule has 4 nitrogen and oxygen atoms in total. The summed E-state index contributed by atoms with van der Waals surface area (Å²) < 4.78 is 1.02. The molecule has 5 heteroatoms. The number of rotatable bonds is 3. The highest BCUT2D eigenvalue weighted by molar-refractivity contribution is 9.10. The number of halogens is 1. The fraction of sp³-hybridized carbons (Fsp3) is 0.286. The smallest absolute Gasteiger partial charge is 0.255 e. The normalized spacial score (nSPS) is 12.2. The van der Waals surface area contributed by atoms with E-state index in [1.165, 1.54) is 0 Å². The van der Waals surface area contributed by atoms with Crippen molar-refractivity contribution in [1.29, 1.82) is 0 Å². The van der Waals surface area contributed by atoms with Crippen LogP contribution in [0.1, 0.15) is 40.3 Å². The number of aryl methyl sites for hydroxylation is 2. The Kier molecular flexibility index (Phi) is 4.04. The highest BCUT2D eigenvalue weighted by atomic mass is 79.9. The van der Waals surface area contributed by atoms with Crippen molar-refractivity contribution in [3.8, 4) is 0 Å². The highest BCUT2D eigenvalue weighted by Gasteiger charge is 2.17. The summed E-state index contributed by atoms with van der Waals surface area (Å²) in [6.45, 7) is 5.63. The number of carbonyl (C=O) groups excluding carboxylic acids is 1. The second kappa shape index (κ2) is 5.57. The van der Waals surface area contributed by atoms with E-state index in [1.807, 2.05) is 45.0 Å². The zero-order chi connectivity index (χ0) is 14.0. The predicted octanol–water partition coefficient (Wildman–Crippen LogP) is 3.28. The molecule has 1 amide bonds. The number of amides is 1. The van der Waals surface area contributed by atoms with Gasteiger partial charge in [0.2, 0.25) is 0 Å². The maximum Gasteiger partial charge on any atom is 0.255 e. The van der Waals surface area contributed by atoms with Gasteiger partial charge in [0, 0.05) is 10.2 Å². The van der Waals surface area contributed by atoms with Gasteiger partial charge in [-0.05, 0) is 38.5 Å². The molecule has 0 unspecified atom stereocenters. The molecule has 2 N–H and O–H groups in total. The van der Waals surface area contributed by atoms with Crippen LogP contribution in [0.25, 0.3) is 0 Å². The summed E-state index contributed by atoms with van der Waals surface area (Å²) in [4.78, 5) is 12.2. The maximum absolute atomic E-state index is 12.2. The van der Waals surface area contributed by atoms with Gasteiger partial charge in [-0.15, -0.1) is 0 Å². The summed E-state index contributed by atoms with van der Waals surface area (Å²) in [5.74, 6) is -0.0980. The number of hydrogen-bond donors (Lipinski definition) is 2. The molecule has 0 spiro atoms. The summed E-state index contributed by atoms with van der Waals surface area (Å²) in [7, 11) is 0. The molecule has 2 rings (SSSR count). The van der Waals surface area contributed by atoms with Crippen molar-refractivity contribution in [3.63, 3.8) is 0 Å². The number of benzene rings is 1. The first kappa shape index (κ1) is 13.8. The predicted molar refractivity (Wildman–Crippen MR) is 78.1 cm³/mol. The van der Waals surface area contributed by atoms with Crippen molar-refractivity contribution < 1.29 is 4.79 Å². The number of aromatic amines is 1. The van der Waals surface area contributed by atoms with Gasteiger partial charge in [-0.2, -0.15) is 5.10 Å². The van der Waals surface area contributed by atoms with Crippen LogP contribution in [0, 0.1) is 13.8 Å². The molecule has 0 saturated carbocycles. The van der Waals surface area contributed by atoms with E-state index < -0.39 is 0 Å². The number of nitrogens with one attached hydrogen (secondary N) is 2. The molecule has 0 aliphatic heterocycles. The number of carbonyl (C=O) groups is 1. The van der Waals surface area contributed by atoms with Gasteiger partial charge in [-0.25, -0.2) is 0 Å². The fourth-order valence-corrected chi connectivity index (χ4v) is 2.25. The lowest BCUT2D eigenvalue weighted by atomic mass is 10.1. The number of hydrogen-bond acceptors (Lipinski definition) is 2. The molecule has 0 bridgehead atoms. The number of H-pyrrole nitrogens is 1. The topological polar surface area (TPSA) is 57.8 Å². The molecule has 0 aliphatic rings. The number of aromatic nitrogens is 2. The Hall–Kier alpha value is -1.62. The SMILES string of the molecule is Cc1n[nH]c(C)c1C(=O)N[C@@H](C)c1ccc(Br)cc1. The molecule has 1 aromatic carbocycles. The lowest BCUT2D eigenvalue weighted by Gasteiger charge is -2.14. The zero-order valence-electron chi connectivity index (χ0n) is 11.1. The second-order valence-corrected chi connectivity index (χ2v) is 5.47. The molecule has 0 saturated heterocycles. The Morgan fingerprint density at radius 3 is 2.47 bits per heavy atom. The molecule has 0 aliphatic carbocycles. The average molecular weight is 322 g/mol. The van der Waals surface area contributed by atoms with Crippen molar-refractivity contribution in [1.82, 2.24) is 15.5 Å². The van der Waals surface area contributed by atoms with Crippen molar-refractivity contribution in [3.05, 3.63) is 51.3 Å². The van der Waals surface area contributed by atoms with E-state index in [9.17, 15) is 4.79 Å². The van der Waals surface area contributed by atoms with E-state index >= 15 is 0 Å². The van der Waals surface area contributed by atoms with Gasteiger partial charge in [0.15, 0.2) is 0 Å². The summed E-state index contributed by atoms with van der Waals surface area (Å²) in [6.07, 6.45) is 0. The minimum Gasteiger partial charge on any atom is -0.345 e. The molecule has 1 heterocycles. The minimum absolute atomic E-state index is 0.0469. The van der Waals surface area contributed by atoms with E-state index in [0.717, 1.165) is 21.4 Å². The van der Waals surface area contributed by atoms with Crippen molar-refractivity contribution >= 4 is 21.8 Å². The summed E-state index contributed by atoms with van der Waals surface area (Å²) in [6, 6.07) is 7.86.